The number of nitro groups is 1. The molecule has 0 amide bonds. The van der Waals surface area contributed by atoms with Gasteiger partial charge in [-0.05, 0) is 20.8 Å². The van der Waals surface area contributed by atoms with E-state index in [2.05, 4.69) is 10.3 Å². The number of rotatable bonds is 6. The molecule has 0 unspecified atom stereocenters. The summed E-state index contributed by atoms with van der Waals surface area (Å²) in [5.41, 5.74) is 3.42. The van der Waals surface area contributed by atoms with E-state index in [0.717, 1.165) is 10.6 Å². The van der Waals surface area contributed by atoms with Crippen LogP contribution in [0.3, 0.4) is 0 Å². The monoisotopic (exact) mass is 307 g/mol. The van der Waals surface area contributed by atoms with Crippen molar-refractivity contribution in [3.63, 3.8) is 0 Å². The first-order chi connectivity index (χ1) is 9.95. The van der Waals surface area contributed by atoms with Crippen molar-refractivity contribution in [2.45, 2.75) is 33.4 Å². The number of hydrogen-bond acceptors (Lipinski definition) is 6. The highest BCUT2D eigenvalue weighted by atomic mass is 32.1. The van der Waals surface area contributed by atoms with Gasteiger partial charge in [-0.1, -0.05) is 0 Å². The van der Waals surface area contributed by atoms with Crippen molar-refractivity contribution in [2.75, 3.05) is 5.32 Å². The number of nitro benzene ring substituents is 1. The molecule has 6 nitrogen and oxygen atoms in total. The lowest BCUT2D eigenvalue weighted by Gasteiger charge is -2.12. The van der Waals surface area contributed by atoms with Gasteiger partial charge >= 0.3 is 0 Å². The van der Waals surface area contributed by atoms with E-state index in [4.69, 9.17) is 4.74 Å². The second-order valence-electron chi connectivity index (χ2n) is 4.85. The van der Waals surface area contributed by atoms with Gasteiger partial charge < -0.3 is 10.1 Å². The van der Waals surface area contributed by atoms with E-state index in [-0.39, 0.29) is 11.8 Å². The van der Waals surface area contributed by atoms with E-state index >= 15 is 0 Å². The molecule has 0 atom stereocenters. The zero-order valence-corrected chi connectivity index (χ0v) is 12.9. The molecule has 2 rings (SSSR count). The standard InChI is InChI=1S/C14H17N3O3S/c1-9(2)20-13-5-11(4-12(6-13)17(18)19)15-7-14-10(3)16-8-21-14/h4-6,8-9,15H,7H2,1-3H3. The molecule has 0 aliphatic rings. The molecule has 112 valence electrons. The number of ether oxygens (including phenoxy) is 1. The number of hydrogen-bond donors (Lipinski definition) is 1. The van der Waals surface area contributed by atoms with Crippen LogP contribution in [0.1, 0.15) is 24.4 Å². The summed E-state index contributed by atoms with van der Waals surface area (Å²) in [5.74, 6) is 0.489. The third kappa shape index (κ3) is 4.16. The van der Waals surface area contributed by atoms with Crippen LogP contribution in [0, 0.1) is 17.0 Å². The smallest absolute Gasteiger partial charge is 0.275 e. The maximum absolute atomic E-state index is 11.0. The van der Waals surface area contributed by atoms with E-state index in [1.54, 1.807) is 22.9 Å². The van der Waals surface area contributed by atoms with Crippen LogP contribution in [0.5, 0.6) is 5.75 Å². The van der Waals surface area contributed by atoms with Gasteiger partial charge in [0.05, 0.1) is 34.8 Å². The third-order valence-corrected chi connectivity index (χ3v) is 3.71. The Morgan fingerprint density at radius 2 is 2.19 bits per heavy atom. The van der Waals surface area contributed by atoms with Gasteiger partial charge in [0.15, 0.2) is 0 Å². The quantitative estimate of drug-likeness (QED) is 0.649. The van der Waals surface area contributed by atoms with Crippen LogP contribution in [0.4, 0.5) is 11.4 Å². The van der Waals surface area contributed by atoms with Crippen LogP contribution in [0.25, 0.3) is 0 Å². The van der Waals surface area contributed by atoms with Crippen molar-refractivity contribution >= 4 is 22.7 Å². The molecule has 1 aromatic carbocycles. The molecule has 0 bridgehead atoms. The van der Waals surface area contributed by atoms with Crippen LogP contribution in [-0.2, 0) is 6.54 Å². The highest BCUT2D eigenvalue weighted by Crippen LogP contribution is 2.27. The molecule has 0 aliphatic carbocycles. The van der Waals surface area contributed by atoms with Gasteiger partial charge in [-0.25, -0.2) is 4.98 Å². The SMILES string of the molecule is Cc1ncsc1CNc1cc(OC(C)C)cc([N+](=O)[O-])c1. The van der Waals surface area contributed by atoms with Crippen LogP contribution in [0.15, 0.2) is 23.7 Å². The number of aryl methyl sites for hydroxylation is 1. The zero-order chi connectivity index (χ0) is 15.4. The Balaban J connectivity index is 2.19. The zero-order valence-electron chi connectivity index (χ0n) is 12.1. The van der Waals surface area contributed by atoms with Crippen molar-refractivity contribution in [1.82, 2.24) is 4.98 Å². The summed E-state index contributed by atoms with van der Waals surface area (Å²) >= 11 is 1.56. The van der Waals surface area contributed by atoms with Crippen LogP contribution in [-0.4, -0.2) is 16.0 Å². The molecule has 0 aliphatic heterocycles. The molecule has 0 saturated carbocycles. The maximum atomic E-state index is 11.0. The molecule has 21 heavy (non-hydrogen) atoms. The molecule has 2 aromatic rings. The number of thiazole rings is 1. The highest BCUT2D eigenvalue weighted by molar-refractivity contribution is 7.09. The molecule has 0 spiro atoms. The third-order valence-electron chi connectivity index (χ3n) is 2.77. The Kier molecular flexibility index (Phi) is 4.74. The van der Waals surface area contributed by atoms with Crippen LogP contribution >= 0.6 is 11.3 Å². The maximum Gasteiger partial charge on any atom is 0.275 e. The minimum Gasteiger partial charge on any atom is -0.491 e. The highest BCUT2D eigenvalue weighted by Gasteiger charge is 2.12. The Bertz CT molecular complexity index is 640. The Morgan fingerprint density at radius 1 is 1.43 bits per heavy atom. The molecular formula is C14H17N3O3S. The summed E-state index contributed by atoms with van der Waals surface area (Å²) in [5, 5.41) is 14.2. The lowest BCUT2D eigenvalue weighted by Crippen LogP contribution is -2.07. The minimum atomic E-state index is -0.420. The van der Waals surface area contributed by atoms with Gasteiger partial charge in [0.1, 0.15) is 5.75 Å². The van der Waals surface area contributed by atoms with E-state index in [1.807, 2.05) is 20.8 Å². The van der Waals surface area contributed by atoms with Gasteiger partial charge in [0.2, 0.25) is 0 Å². The van der Waals surface area contributed by atoms with Gasteiger partial charge in [-0.15, -0.1) is 11.3 Å². The molecule has 1 heterocycles. The molecule has 1 aromatic heterocycles. The number of non-ortho nitro benzene ring substituents is 1. The predicted molar refractivity (Wildman–Crippen MR) is 83.0 cm³/mol. The summed E-state index contributed by atoms with van der Waals surface area (Å²) in [6.07, 6.45) is -0.0383. The first kappa shape index (κ1) is 15.2. The fraction of sp³-hybridized carbons (Fsp3) is 0.357. The lowest BCUT2D eigenvalue weighted by molar-refractivity contribution is -0.384. The number of nitrogens with one attached hydrogen (secondary N) is 1. The Labute approximate surface area is 126 Å². The van der Waals surface area contributed by atoms with Crippen molar-refractivity contribution < 1.29 is 9.66 Å². The summed E-state index contributed by atoms with van der Waals surface area (Å²) in [6.45, 7) is 6.28. The number of anilines is 1. The van der Waals surface area contributed by atoms with Gasteiger partial charge in [0.25, 0.3) is 5.69 Å². The van der Waals surface area contributed by atoms with Crippen molar-refractivity contribution in [1.29, 1.82) is 0 Å². The van der Waals surface area contributed by atoms with Gasteiger partial charge in [0, 0.05) is 22.7 Å². The average molecular weight is 307 g/mol. The molecule has 0 fully saturated rings. The van der Waals surface area contributed by atoms with Crippen molar-refractivity contribution in [3.8, 4) is 5.75 Å². The topological polar surface area (TPSA) is 77.3 Å². The predicted octanol–water partition coefficient (Wildman–Crippen LogP) is 3.76. The minimum absolute atomic E-state index is 0.0108. The normalized spacial score (nSPS) is 10.7. The first-order valence-electron chi connectivity index (χ1n) is 6.54. The molecule has 0 saturated heterocycles. The van der Waals surface area contributed by atoms with Crippen molar-refractivity contribution in [3.05, 3.63) is 44.4 Å². The summed E-state index contributed by atoms with van der Waals surface area (Å²) < 4.78 is 5.55. The second-order valence-corrected chi connectivity index (χ2v) is 5.79. The lowest BCUT2D eigenvalue weighted by atomic mass is 10.2. The Morgan fingerprint density at radius 3 is 2.76 bits per heavy atom. The Hall–Kier alpha value is -2.15. The molecular weight excluding hydrogens is 290 g/mol. The fourth-order valence-electron chi connectivity index (χ4n) is 1.81. The number of nitrogens with zero attached hydrogens (tertiary/aromatic N) is 2. The number of aromatic nitrogens is 1. The molecule has 1 N–H and O–H groups in total. The molecule has 7 heteroatoms. The second kappa shape index (κ2) is 6.53. The summed E-state index contributed by atoms with van der Waals surface area (Å²) in [6, 6.07) is 4.70. The fourth-order valence-corrected chi connectivity index (χ4v) is 2.53. The average Bonchev–Trinajstić information content (AvgIpc) is 2.81. The first-order valence-corrected chi connectivity index (χ1v) is 7.42. The van der Waals surface area contributed by atoms with E-state index in [1.165, 1.54) is 12.1 Å². The largest absolute Gasteiger partial charge is 0.491 e. The van der Waals surface area contributed by atoms with E-state index in [9.17, 15) is 10.1 Å². The van der Waals surface area contributed by atoms with Crippen LogP contribution in [0.2, 0.25) is 0 Å². The summed E-state index contributed by atoms with van der Waals surface area (Å²) in [4.78, 5) is 15.9. The number of benzene rings is 1. The van der Waals surface area contributed by atoms with Gasteiger partial charge in [-0.3, -0.25) is 10.1 Å². The summed E-state index contributed by atoms with van der Waals surface area (Å²) in [7, 11) is 0. The van der Waals surface area contributed by atoms with E-state index < -0.39 is 4.92 Å². The van der Waals surface area contributed by atoms with Gasteiger partial charge in [-0.2, -0.15) is 0 Å². The van der Waals surface area contributed by atoms with Crippen molar-refractivity contribution in [2.24, 2.45) is 0 Å². The van der Waals surface area contributed by atoms with E-state index in [0.29, 0.717) is 18.0 Å². The van der Waals surface area contributed by atoms with Crippen LogP contribution < -0.4 is 10.1 Å². The molecule has 0 radical (unpaired) electrons.